The lowest BCUT2D eigenvalue weighted by Gasteiger charge is -2.54. The van der Waals surface area contributed by atoms with Gasteiger partial charge in [-0.25, -0.2) is 17.7 Å². The number of piperidine rings is 1. The topological polar surface area (TPSA) is 117 Å². The number of anilines is 1. The number of aryl methyl sites for hydroxylation is 1. The van der Waals surface area contributed by atoms with Crippen LogP contribution >= 0.6 is 0 Å². The van der Waals surface area contributed by atoms with Crippen molar-refractivity contribution < 1.29 is 13.5 Å². The Morgan fingerprint density at radius 3 is 2.35 bits per heavy atom. The van der Waals surface area contributed by atoms with Crippen LogP contribution in [0.4, 0.5) is 5.95 Å². The SMILES string of the molecule is [B]C1([B])CN(S(C)(=O)=O)CC([B])([B])C1Nc1ncc2cc(C)c(=O)n([C@@H]3CCC[C@@]3(C)O)c2n1. The molecule has 1 aliphatic carbocycles. The Labute approximate surface area is 204 Å². The average Bonchev–Trinajstić information content (AvgIpc) is 3.03. The van der Waals surface area contributed by atoms with Gasteiger partial charge in [-0.2, -0.15) is 4.98 Å². The summed E-state index contributed by atoms with van der Waals surface area (Å²) >= 11 is 0. The molecular formula is C20H25B4N5O4S. The van der Waals surface area contributed by atoms with Gasteiger partial charge in [-0.1, -0.05) is 10.4 Å². The Balaban J connectivity index is 1.77. The van der Waals surface area contributed by atoms with E-state index in [-0.39, 0.29) is 24.6 Å². The van der Waals surface area contributed by atoms with Crippen LogP contribution in [0.15, 0.2) is 17.1 Å². The third-order valence-corrected chi connectivity index (χ3v) is 8.06. The molecule has 1 saturated carbocycles. The van der Waals surface area contributed by atoms with E-state index in [1.807, 2.05) is 0 Å². The normalized spacial score (nSPS) is 27.7. The Morgan fingerprint density at radius 2 is 1.82 bits per heavy atom. The highest BCUT2D eigenvalue weighted by molar-refractivity contribution is 7.88. The third kappa shape index (κ3) is 4.44. The highest BCUT2D eigenvalue weighted by atomic mass is 32.2. The van der Waals surface area contributed by atoms with Crippen molar-refractivity contribution in [2.24, 2.45) is 0 Å². The summed E-state index contributed by atoms with van der Waals surface area (Å²) in [4.78, 5) is 22.0. The predicted octanol–water partition coefficient (Wildman–Crippen LogP) is -0.462. The molecule has 0 spiro atoms. The van der Waals surface area contributed by atoms with Gasteiger partial charge < -0.3 is 10.4 Å². The number of pyridine rings is 1. The lowest BCUT2D eigenvalue weighted by atomic mass is 9.36. The number of rotatable bonds is 4. The Morgan fingerprint density at radius 1 is 1.21 bits per heavy atom. The van der Waals surface area contributed by atoms with E-state index in [1.165, 1.54) is 4.57 Å². The molecule has 8 radical (unpaired) electrons. The highest BCUT2D eigenvalue weighted by Gasteiger charge is 2.47. The molecule has 1 saturated heterocycles. The maximum Gasteiger partial charge on any atom is 0.255 e. The van der Waals surface area contributed by atoms with Gasteiger partial charge >= 0.3 is 0 Å². The average molecular weight is 475 g/mol. The van der Waals surface area contributed by atoms with Crippen molar-refractivity contribution >= 4 is 58.4 Å². The van der Waals surface area contributed by atoms with Crippen molar-refractivity contribution in [2.45, 2.75) is 61.2 Å². The first-order chi connectivity index (χ1) is 15.5. The van der Waals surface area contributed by atoms with Crippen LogP contribution in [0.3, 0.4) is 0 Å². The van der Waals surface area contributed by atoms with Gasteiger partial charge in [0.05, 0.1) is 49.3 Å². The molecule has 2 N–H and O–H groups in total. The molecule has 0 aromatic carbocycles. The summed E-state index contributed by atoms with van der Waals surface area (Å²) in [5, 5.41) is 11.2. The first kappa shape index (κ1) is 25.3. The van der Waals surface area contributed by atoms with Crippen molar-refractivity contribution in [1.29, 1.82) is 0 Å². The minimum Gasteiger partial charge on any atom is -0.388 e. The van der Waals surface area contributed by atoms with E-state index in [0.717, 1.165) is 17.0 Å². The minimum absolute atomic E-state index is 0.0699. The summed E-state index contributed by atoms with van der Waals surface area (Å²) in [6.07, 6.45) is 4.55. The number of aliphatic hydroxyl groups is 1. The molecule has 0 unspecified atom stereocenters. The van der Waals surface area contributed by atoms with Crippen LogP contribution in [0, 0.1) is 6.92 Å². The molecular weight excluding hydrogens is 450 g/mol. The van der Waals surface area contributed by atoms with Gasteiger partial charge in [-0.3, -0.25) is 9.36 Å². The largest absolute Gasteiger partial charge is 0.388 e. The zero-order chi connectivity index (χ0) is 25.3. The smallest absolute Gasteiger partial charge is 0.255 e. The van der Waals surface area contributed by atoms with Crippen LogP contribution in [-0.4, -0.2) is 94.7 Å². The first-order valence-electron chi connectivity index (χ1n) is 11.0. The maximum atomic E-state index is 13.1. The van der Waals surface area contributed by atoms with Gasteiger partial charge in [0, 0.05) is 36.3 Å². The second kappa shape index (κ2) is 8.13. The molecule has 14 heteroatoms. The van der Waals surface area contributed by atoms with E-state index in [9.17, 15) is 18.3 Å². The van der Waals surface area contributed by atoms with Crippen LogP contribution in [0.25, 0.3) is 11.0 Å². The summed E-state index contributed by atoms with van der Waals surface area (Å²) in [5.41, 5.74) is -0.453. The molecule has 2 aromatic heterocycles. The molecule has 2 atom stereocenters. The number of aromatic nitrogens is 3. The summed E-state index contributed by atoms with van der Waals surface area (Å²) in [7, 11) is 21.4. The molecule has 3 heterocycles. The van der Waals surface area contributed by atoms with Gasteiger partial charge in [-0.15, -0.1) is 0 Å². The van der Waals surface area contributed by atoms with Crippen LogP contribution in [-0.2, 0) is 10.0 Å². The van der Waals surface area contributed by atoms with Crippen LogP contribution in [0.1, 0.15) is 37.8 Å². The van der Waals surface area contributed by atoms with E-state index in [4.69, 9.17) is 31.4 Å². The quantitative estimate of drug-likeness (QED) is 0.576. The summed E-state index contributed by atoms with van der Waals surface area (Å²) < 4.78 is 26.7. The second-order valence-corrected chi connectivity index (χ2v) is 12.1. The fourth-order valence-corrected chi connectivity index (χ4v) is 6.05. The van der Waals surface area contributed by atoms with Crippen molar-refractivity contribution in [1.82, 2.24) is 18.8 Å². The maximum absolute atomic E-state index is 13.1. The lowest BCUT2D eigenvalue weighted by molar-refractivity contribution is 0.0266. The molecule has 0 bridgehead atoms. The van der Waals surface area contributed by atoms with Gasteiger partial charge in [0.15, 0.2) is 0 Å². The summed E-state index contributed by atoms with van der Waals surface area (Å²) in [5.74, 6) is 0.0699. The number of sulfonamides is 1. The molecule has 9 nitrogen and oxygen atoms in total. The zero-order valence-electron chi connectivity index (χ0n) is 19.5. The van der Waals surface area contributed by atoms with E-state index in [1.54, 1.807) is 26.1 Å². The Kier molecular flexibility index (Phi) is 6.05. The fourth-order valence-electron chi connectivity index (χ4n) is 5.14. The van der Waals surface area contributed by atoms with Gasteiger partial charge in [0.2, 0.25) is 16.0 Å². The fraction of sp³-hybridized carbons (Fsp3) is 0.650. The molecule has 2 aromatic rings. The van der Waals surface area contributed by atoms with Gasteiger partial charge in [0.1, 0.15) is 5.65 Å². The monoisotopic (exact) mass is 475 g/mol. The number of nitrogens with one attached hydrogen (secondary N) is 1. The number of fused-ring (bicyclic) bond motifs is 1. The molecule has 2 fully saturated rings. The minimum atomic E-state index is -3.64. The van der Waals surface area contributed by atoms with Crippen molar-refractivity contribution in [3.05, 3.63) is 28.2 Å². The van der Waals surface area contributed by atoms with Crippen molar-refractivity contribution in [3.63, 3.8) is 0 Å². The summed E-state index contributed by atoms with van der Waals surface area (Å²) in [6.45, 7) is 2.98. The van der Waals surface area contributed by atoms with Crippen LogP contribution in [0.5, 0.6) is 0 Å². The van der Waals surface area contributed by atoms with Crippen molar-refractivity contribution in [3.8, 4) is 0 Å². The molecule has 34 heavy (non-hydrogen) atoms. The molecule has 0 amide bonds. The lowest BCUT2D eigenvalue weighted by Crippen LogP contribution is -2.60. The molecule has 1 aliphatic heterocycles. The zero-order valence-corrected chi connectivity index (χ0v) is 20.3. The van der Waals surface area contributed by atoms with E-state index in [0.29, 0.717) is 29.4 Å². The Bertz CT molecular complexity index is 1280. The predicted molar refractivity (Wildman–Crippen MR) is 134 cm³/mol. The van der Waals surface area contributed by atoms with Crippen LogP contribution < -0.4 is 10.9 Å². The second-order valence-electron chi connectivity index (χ2n) is 10.1. The first-order valence-corrected chi connectivity index (χ1v) is 12.9. The van der Waals surface area contributed by atoms with E-state index in [2.05, 4.69) is 15.3 Å². The van der Waals surface area contributed by atoms with E-state index >= 15 is 0 Å². The Hall–Kier alpha value is -1.78. The van der Waals surface area contributed by atoms with E-state index < -0.39 is 38.1 Å². The number of hydrogen-bond acceptors (Lipinski definition) is 7. The molecule has 172 valence electrons. The molecule has 2 aliphatic rings. The molecule has 4 rings (SSSR count). The van der Waals surface area contributed by atoms with Crippen molar-refractivity contribution in [2.75, 3.05) is 24.7 Å². The third-order valence-electron chi connectivity index (χ3n) is 6.86. The van der Waals surface area contributed by atoms with Gasteiger partial charge in [0.25, 0.3) is 5.56 Å². The standard InChI is InChI=1S/C20H25B4N5O4S/c1-11-7-12-8-25-17(26-14(12)29(15(11)30)13-5-4-6-18(13,2)31)27-16-19(21,22)9-28(34(3,32)33)10-20(16,23)24/h7-8,13,16,31H,4-6,9-10H2,1-3H3,(H,25,26,27)/t13-,18-/m1/s1. The van der Waals surface area contributed by atoms with Crippen LogP contribution in [0.2, 0.25) is 10.4 Å². The highest BCUT2D eigenvalue weighted by Crippen LogP contribution is 2.44. The summed E-state index contributed by atoms with van der Waals surface area (Å²) in [6, 6.07) is 0.239. The van der Waals surface area contributed by atoms with Gasteiger partial charge in [-0.05, 0) is 39.2 Å². The number of nitrogens with zero attached hydrogens (tertiary/aromatic N) is 4. The number of hydrogen-bond donors (Lipinski definition) is 2.